The van der Waals surface area contributed by atoms with Gasteiger partial charge in [0.05, 0.1) is 5.69 Å². The topological polar surface area (TPSA) is 79.8 Å². The lowest BCUT2D eigenvalue weighted by Crippen LogP contribution is -2.19. The van der Waals surface area contributed by atoms with Crippen LogP contribution in [0.15, 0.2) is 35.3 Å². The molecule has 3 aromatic heterocycles. The Hall–Kier alpha value is -2.32. The van der Waals surface area contributed by atoms with Gasteiger partial charge in [-0.25, -0.2) is 14.8 Å². The molecule has 134 valence electrons. The Kier molecular flexibility index (Phi) is 5.21. The largest absolute Gasteiger partial charge is 0.326 e. The summed E-state index contributed by atoms with van der Waals surface area (Å²) >= 11 is 2.96. The number of rotatable bonds is 4. The maximum Gasteiger partial charge on any atom is 0.326 e. The highest BCUT2D eigenvalue weighted by atomic mass is 32.1. The van der Waals surface area contributed by atoms with Gasteiger partial charge in [0, 0.05) is 34.6 Å². The van der Waals surface area contributed by atoms with Gasteiger partial charge >= 0.3 is 6.03 Å². The molecular formula is C18H19N5OS2. The number of urea groups is 1. The molecule has 4 rings (SSSR count). The summed E-state index contributed by atoms with van der Waals surface area (Å²) in [4.78, 5) is 25.2. The van der Waals surface area contributed by atoms with Crippen LogP contribution in [0.1, 0.15) is 43.7 Å². The molecule has 26 heavy (non-hydrogen) atoms. The number of pyridine rings is 1. The van der Waals surface area contributed by atoms with Crippen LogP contribution in [0.5, 0.6) is 0 Å². The van der Waals surface area contributed by atoms with Crippen molar-refractivity contribution in [2.75, 3.05) is 10.6 Å². The molecule has 2 amide bonds. The van der Waals surface area contributed by atoms with E-state index in [0.717, 1.165) is 16.3 Å². The average molecular weight is 386 g/mol. The van der Waals surface area contributed by atoms with Crippen molar-refractivity contribution in [2.24, 2.45) is 0 Å². The third kappa shape index (κ3) is 4.08. The van der Waals surface area contributed by atoms with Crippen molar-refractivity contribution in [1.82, 2.24) is 15.0 Å². The van der Waals surface area contributed by atoms with E-state index in [0.29, 0.717) is 16.9 Å². The molecule has 0 unspecified atom stereocenters. The summed E-state index contributed by atoms with van der Waals surface area (Å²) in [5, 5.41) is 10.9. The van der Waals surface area contributed by atoms with Crippen LogP contribution in [-0.2, 0) is 0 Å². The minimum Gasteiger partial charge on any atom is -0.291 e. The molecule has 2 N–H and O–H groups in total. The molecule has 1 aliphatic carbocycles. The van der Waals surface area contributed by atoms with Gasteiger partial charge in [-0.3, -0.25) is 15.6 Å². The first-order valence-corrected chi connectivity index (χ1v) is 10.4. The Morgan fingerprint density at radius 2 is 1.81 bits per heavy atom. The predicted molar refractivity (Wildman–Crippen MR) is 106 cm³/mol. The fourth-order valence-electron chi connectivity index (χ4n) is 3.13. The molecule has 1 fully saturated rings. The van der Waals surface area contributed by atoms with Gasteiger partial charge in [0.1, 0.15) is 10.8 Å². The first-order valence-electron chi connectivity index (χ1n) is 8.67. The Balaban J connectivity index is 1.36. The van der Waals surface area contributed by atoms with Gasteiger partial charge < -0.3 is 0 Å². The maximum atomic E-state index is 12.2. The highest BCUT2D eigenvalue weighted by molar-refractivity contribution is 7.14. The van der Waals surface area contributed by atoms with Crippen LogP contribution in [0.3, 0.4) is 0 Å². The number of nitrogens with zero attached hydrogens (tertiary/aromatic N) is 3. The molecule has 0 saturated heterocycles. The lowest BCUT2D eigenvalue weighted by Gasteiger charge is -2.19. The molecule has 0 radical (unpaired) electrons. The van der Waals surface area contributed by atoms with E-state index < -0.39 is 0 Å². The van der Waals surface area contributed by atoms with Crippen LogP contribution in [0, 0.1) is 0 Å². The first-order chi connectivity index (χ1) is 12.8. The zero-order valence-electron chi connectivity index (χ0n) is 14.1. The average Bonchev–Trinajstić information content (AvgIpc) is 3.33. The molecule has 0 atom stereocenters. The van der Waals surface area contributed by atoms with Crippen LogP contribution >= 0.6 is 22.7 Å². The lowest BCUT2D eigenvalue weighted by atomic mass is 9.87. The van der Waals surface area contributed by atoms with Crippen molar-refractivity contribution in [3.8, 4) is 10.6 Å². The zero-order valence-corrected chi connectivity index (χ0v) is 15.8. The molecule has 1 aliphatic rings. The molecular weight excluding hydrogens is 366 g/mol. The minimum atomic E-state index is -0.318. The fraction of sp³-hybridized carbons (Fsp3) is 0.333. The Morgan fingerprint density at radius 1 is 1.00 bits per heavy atom. The Bertz CT molecular complexity index is 871. The summed E-state index contributed by atoms with van der Waals surface area (Å²) < 4.78 is 0. The minimum absolute atomic E-state index is 0.318. The van der Waals surface area contributed by atoms with E-state index >= 15 is 0 Å². The summed E-state index contributed by atoms with van der Waals surface area (Å²) in [6, 6.07) is 3.47. The molecule has 0 spiro atoms. The van der Waals surface area contributed by atoms with E-state index in [1.54, 1.807) is 12.4 Å². The Labute approximate surface area is 159 Å². The highest BCUT2D eigenvalue weighted by Gasteiger charge is 2.19. The van der Waals surface area contributed by atoms with Gasteiger partial charge in [-0.1, -0.05) is 19.3 Å². The molecule has 0 aliphatic heterocycles. The third-order valence-corrected chi connectivity index (χ3v) is 6.11. The number of nitrogens with one attached hydrogen (secondary N) is 2. The van der Waals surface area contributed by atoms with Gasteiger partial charge in [0.2, 0.25) is 0 Å². The number of aromatic nitrogens is 3. The van der Waals surface area contributed by atoms with E-state index in [1.165, 1.54) is 54.8 Å². The van der Waals surface area contributed by atoms with Crippen LogP contribution in [0.25, 0.3) is 10.6 Å². The number of carbonyl (C=O) groups excluding carboxylic acids is 1. The first kappa shape index (κ1) is 17.1. The number of anilines is 2. The van der Waals surface area contributed by atoms with Gasteiger partial charge in [-0.15, -0.1) is 22.7 Å². The summed E-state index contributed by atoms with van der Waals surface area (Å²) in [6.45, 7) is 0. The van der Waals surface area contributed by atoms with Gasteiger partial charge in [-0.2, -0.15) is 0 Å². The second-order valence-electron chi connectivity index (χ2n) is 6.27. The summed E-state index contributed by atoms with van der Waals surface area (Å²) in [5.74, 6) is 1.07. The molecule has 3 heterocycles. The van der Waals surface area contributed by atoms with Crippen LogP contribution < -0.4 is 10.6 Å². The van der Waals surface area contributed by atoms with Crippen molar-refractivity contribution < 1.29 is 4.79 Å². The highest BCUT2D eigenvalue weighted by Crippen LogP contribution is 2.34. The molecule has 0 bridgehead atoms. The maximum absolute atomic E-state index is 12.2. The van der Waals surface area contributed by atoms with Crippen molar-refractivity contribution in [2.45, 2.75) is 38.0 Å². The van der Waals surface area contributed by atoms with Crippen LogP contribution in [0.2, 0.25) is 0 Å². The summed E-state index contributed by atoms with van der Waals surface area (Å²) in [6.07, 6.45) is 9.72. The molecule has 3 aromatic rings. The van der Waals surface area contributed by atoms with Crippen molar-refractivity contribution >= 4 is 39.7 Å². The zero-order chi connectivity index (χ0) is 17.8. The van der Waals surface area contributed by atoms with Crippen molar-refractivity contribution in [1.29, 1.82) is 0 Å². The molecule has 1 saturated carbocycles. The van der Waals surface area contributed by atoms with Gasteiger partial charge in [0.25, 0.3) is 0 Å². The van der Waals surface area contributed by atoms with Crippen molar-refractivity contribution in [3.63, 3.8) is 0 Å². The predicted octanol–water partition coefficient (Wildman–Crippen LogP) is 5.35. The van der Waals surface area contributed by atoms with E-state index in [-0.39, 0.29) is 6.03 Å². The number of amides is 2. The van der Waals surface area contributed by atoms with E-state index in [9.17, 15) is 4.79 Å². The number of carbonyl (C=O) groups is 1. The fourth-order valence-corrected chi connectivity index (χ4v) is 4.68. The number of thiazole rings is 2. The SMILES string of the molecule is O=C(Nc1csc(-c2ccncc2)n1)Nc1nc(C2CCCCC2)cs1. The van der Waals surface area contributed by atoms with E-state index in [1.807, 2.05) is 17.5 Å². The molecule has 8 heteroatoms. The standard InChI is InChI=1S/C18H19N5OS2/c24-17(22-15-11-25-16(21-15)13-6-8-19-9-7-13)23-18-20-14(10-26-18)12-4-2-1-3-5-12/h6-12H,1-5H2,(H2,20,22,23,24). The number of hydrogen-bond donors (Lipinski definition) is 2. The monoisotopic (exact) mass is 385 g/mol. The van der Waals surface area contributed by atoms with E-state index in [4.69, 9.17) is 0 Å². The third-order valence-electron chi connectivity index (χ3n) is 4.44. The second kappa shape index (κ2) is 7.92. The molecule has 0 aromatic carbocycles. The van der Waals surface area contributed by atoms with Crippen molar-refractivity contribution in [3.05, 3.63) is 41.0 Å². The lowest BCUT2D eigenvalue weighted by molar-refractivity contribution is 0.262. The molecule has 6 nitrogen and oxygen atoms in total. The van der Waals surface area contributed by atoms with Crippen LogP contribution in [0.4, 0.5) is 15.7 Å². The normalized spacial score (nSPS) is 14.9. The smallest absolute Gasteiger partial charge is 0.291 e. The second-order valence-corrected chi connectivity index (χ2v) is 7.98. The Morgan fingerprint density at radius 3 is 2.62 bits per heavy atom. The van der Waals surface area contributed by atoms with E-state index in [2.05, 4.69) is 31.0 Å². The van der Waals surface area contributed by atoms with Gasteiger partial charge in [0.15, 0.2) is 5.13 Å². The van der Waals surface area contributed by atoms with Gasteiger partial charge in [-0.05, 0) is 25.0 Å². The quantitative estimate of drug-likeness (QED) is 0.634. The summed E-state index contributed by atoms with van der Waals surface area (Å²) in [5.41, 5.74) is 2.09. The van der Waals surface area contributed by atoms with Crippen LogP contribution in [-0.4, -0.2) is 21.0 Å². The number of hydrogen-bond acceptors (Lipinski definition) is 6. The summed E-state index contributed by atoms with van der Waals surface area (Å²) in [7, 11) is 0.